The SMILES string of the molecule is CCCC1(C(=O)O)CCN(C(=O)CCCNC)C1. The van der Waals surface area contributed by atoms with Crippen molar-refractivity contribution >= 4 is 11.9 Å². The standard InChI is InChI=1S/C13H24N2O3/c1-3-6-13(12(17)18)7-9-15(10-13)11(16)5-4-8-14-2/h14H,3-10H2,1-2H3,(H,17,18). The third kappa shape index (κ3) is 3.45. The summed E-state index contributed by atoms with van der Waals surface area (Å²) < 4.78 is 0. The van der Waals surface area contributed by atoms with E-state index in [4.69, 9.17) is 0 Å². The number of carboxylic acid groups (broad SMARTS) is 1. The van der Waals surface area contributed by atoms with Crippen molar-refractivity contribution < 1.29 is 14.7 Å². The topological polar surface area (TPSA) is 69.6 Å². The molecule has 0 spiro atoms. The van der Waals surface area contributed by atoms with Gasteiger partial charge in [0.15, 0.2) is 0 Å². The second-order valence-corrected chi connectivity index (χ2v) is 5.11. The number of hydrogen-bond donors (Lipinski definition) is 2. The summed E-state index contributed by atoms with van der Waals surface area (Å²) in [4.78, 5) is 25.1. The molecule has 5 heteroatoms. The molecular formula is C13H24N2O3. The molecule has 1 fully saturated rings. The van der Waals surface area contributed by atoms with Crippen molar-refractivity contribution in [1.29, 1.82) is 0 Å². The average molecular weight is 256 g/mol. The molecule has 1 aliphatic rings. The van der Waals surface area contributed by atoms with E-state index in [1.54, 1.807) is 4.90 Å². The molecular weight excluding hydrogens is 232 g/mol. The highest BCUT2D eigenvalue weighted by Gasteiger charge is 2.45. The van der Waals surface area contributed by atoms with E-state index in [0.29, 0.717) is 32.4 Å². The van der Waals surface area contributed by atoms with Crippen LogP contribution in [0.1, 0.15) is 39.0 Å². The van der Waals surface area contributed by atoms with E-state index in [9.17, 15) is 14.7 Å². The first-order chi connectivity index (χ1) is 8.55. The molecule has 1 saturated heterocycles. The second-order valence-electron chi connectivity index (χ2n) is 5.11. The highest BCUT2D eigenvalue weighted by Crippen LogP contribution is 2.35. The van der Waals surface area contributed by atoms with E-state index in [2.05, 4.69) is 5.32 Å². The van der Waals surface area contributed by atoms with Crippen molar-refractivity contribution in [2.75, 3.05) is 26.7 Å². The Morgan fingerprint density at radius 1 is 1.44 bits per heavy atom. The second kappa shape index (κ2) is 6.73. The first-order valence-electron chi connectivity index (χ1n) is 6.71. The number of amides is 1. The fraction of sp³-hybridized carbons (Fsp3) is 0.846. The summed E-state index contributed by atoms with van der Waals surface area (Å²) in [5.74, 6) is -0.667. The normalized spacial score (nSPS) is 23.3. The Kier molecular flexibility index (Phi) is 5.59. The largest absolute Gasteiger partial charge is 0.481 e. The van der Waals surface area contributed by atoms with Gasteiger partial charge in [0, 0.05) is 19.5 Å². The monoisotopic (exact) mass is 256 g/mol. The van der Waals surface area contributed by atoms with Crippen LogP contribution in [0, 0.1) is 5.41 Å². The lowest BCUT2D eigenvalue weighted by Gasteiger charge is -2.24. The molecule has 0 radical (unpaired) electrons. The van der Waals surface area contributed by atoms with Crippen LogP contribution in [0.2, 0.25) is 0 Å². The van der Waals surface area contributed by atoms with Gasteiger partial charge in [0.05, 0.1) is 5.41 Å². The molecule has 18 heavy (non-hydrogen) atoms. The van der Waals surface area contributed by atoms with E-state index < -0.39 is 11.4 Å². The maximum Gasteiger partial charge on any atom is 0.311 e. The lowest BCUT2D eigenvalue weighted by molar-refractivity contribution is -0.149. The van der Waals surface area contributed by atoms with Gasteiger partial charge in [-0.1, -0.05) is 13.3 Å². The molecule has 0 bridgehead atoms. The lowest BCUT2D eigenvalue weighted by Crippen LogP contribution is -2.37. The minimum absolute atomic E-state index is 0.0875. The molecule has 5 nitrogen and oxygen atoms in total. The van der Waals surface area contributed by atoms with E-state index in [0.717, 1.165) is 19.4 Å². The zero-order chi connectivity index (χ0) is 13.6. The fourth-order valence-electron chi connectivity index (χ4n) is 2.62. The maximum absolute atomic E-state index is 11.9. The predicted molar refractivity (Wildman–Crippen MR) is 69.3 cm³/mol. The third-order valence-electron chi connectivity index (χ3n) is 3.71. The van der Waals surface area contributed by atoms with E-state index >= 15 is 0 Å². The van der Waals surface area contributed by atoms with Crippen LogP contribution in [0.3, 0.4) is 0 Å². The molecule has 0 aromatic carbocycles. The first-order valence-corrected chi connectivity index (χ1v) is 6.71. The van der Waals surface area contributed by atoms with Crippen molar-refractivity contribution in [1.82, 2.24) is 10.2 Å². The number of nitrogens with zero attached hydrogens (tertiary/aromatic N) is 1. The molecule has 1 unspecified atom stereocenters. The highest BCUT2D eigenvalue weighted by molar-refractivity contribution is 5.80. The Hall–Kier alpha value is -1.10. The van der Waals surface area contributed by atoms with Gasteiger partial charge in [0.1, 0.15) is 0 Å². The van der Waals surface area contributed by atoms with Crippen LogP contribution in [0.15, 0.2) is 0 Å². The summed E-state index contributed by atoms with van der Waals surface area (Å²) in [6, 6.07) is 0. The summed E-state index contributed by atoms with van der Waals surface area (Å²) in [6.45, 7) is 3.78. The van der Waals surface area contributed by atoms with Gasteiger partial charge in [-0.15, -0.1) is 0 Å². The zero-order valence-electron chi connectivity index (χ0n) is 11.4. The van der Waals surface area contributed by atoms with Crippen molar-refractivity contribution in [3.63, 3.8) is 0 Å². The summed E-state index contributed by atoms with van der Waals surface area (Å²) >= 11 is 0. The van der Waals surface area contributed by atoms with Crippen LogP contribution in [0.5, 0.6) is 0 Å². The van der Waals surface area contributed by atoms with Crippen molar-refractivity contribution in [3.8, 4) is 0 Å². The van der Waals surface area contributed by atoms with Gasteiger partial charge >= 0.3 is 5.97 Å². The van der Waals surface area contributed by atoms with Crippen LogP contribution < -0.4 is 5.32 Å². The average Bonchev–Trinajstić information content (AvgIpc) is 2.75. The molecule has 1 heterocycles. The Morgan fingerprint density at radius 3 is 2.72 bits per heavy atom. The maximum atomic E-state index is 11.9. The zero-order valence-corrected chi connectivity index (χ0v) is 11.4. The molecule has 1 rings (SSSR count). The Labute approximate surface area is 109 Å². The van der Waals surface area contributed by atoms with Gasteiger partial charge in [-0.3, -0.25) is 9.59 Å². The number of likely N-dealkylation sites (tertiary alicyclic amines) is 1. The van der Waals surface area contributed by atoms with E-state index in [1.165, 1.54) is 0 Å². The third-order valence-corrected chi connectivity index (χ3v) is 3.71. The van der Waals surface area contributed by atoms with Crippen molar-refractivity contribution in [2.45, 2.75) is 39.0 Å². The van der Waals surface area contributed by atoms with Gasteiger partial charge in [0.25, 0.3) is 0 Å². The summed E-state index contributed by atoms with van der Waals surface area (Å²) in [6.07, 6.45) is 3.40. The summed E-state index contributed by atoms with van der Waals surface area (Å²) in [5, 5.41) is 12.4. The van der Waals surface area contributed by atoms with E-state index in [-0.39, 0.29) is 5.91 Å². The van der Waals surface area contributed by atoms with Gasteiger partial charge in [-0.25, -0.2) is 0 Å². The van der Waals surface area contributed by atoms with Crippen LogP contribution in [-0.4, -0.2) is 48.6 Å². The van der Waals surface area contributed by atoms with Gasteiger partial charge < -0.3 is 15.3 Å². The molecule has 1 aliphatic heterocycles. The van der Waals surface area contributed by atoms with Crippen LogP contribution >= 0.6 is 0 Å². The van der Waals surface area contributed by atoms with Gasteiger partial charge in [0.2, 0.25) is 5.91 Å². The number of hydrogen-bond acceptors (Lipinski definition) is 3. The molecule has 0 saturated carbocycles. The number of carbonyl (C=O) groups excluding carboxylic acids is 1. The number of nitrogens with one attached hydrogen (secondary N) is 1. The van der Waals surface area contributed by atoms with Gasteiger partial charge in [-0.2, -0.15) is 0 Å². The number of rotatable bonds is 7. The molecule has 2 N–H and O–H groups in total. The van der Waals surface area contributed by atoms with Crippen LogP contribution in [0.4, 0.5) is 0 Å². The highest BCUT2D eigenvalue weighted by atomic mass is 16.4. The number of carbonyl (C=O) groups is 2. The lowest BCUT2D eigenvalue weighted by atomic mass is 9.83. The fourth-order valence-corrected chi connectivity index (χ4v) is 2.62. The molecule has 1 amide bonds. The van der Waals surface area contributed by atoms with Crippen molar-refractivity contribution in [3.05, 3.63) is 0 Å². The Morgan fingerprint density at radius 2 is 2.17 bits per heavy atom. The predicted octanol–water partition coefficient (Wildman–Crippen LogP) is 1.09. The van der Waals surface area contributed by atoms with Gasteiger partial charge in [-0.05, 0) is 32.9 Å². The van der Waals surface area contributed by atoms with Crippen molar-refractivity contribution in [2.24, 2.45) is 5.41 Å². The van der Waals surface area contributed by atoms with Crippen LogP contribution in [0.25, 0.3) is 0 Å². The number of aliphatic carboxylic acids is 1. The molecule has 0 aromatic rings. The quantitative estimate of drug-likeness (QED) is 0.669. The number of carboxylic acids is 1. The molecule has 104 valence electrons. The van der Waals surface area contributed by atoms with Crippen LogP contribution in [-0.2, 0) is 9.59 Å². The first kappa shape index (κ1) is 15.0. The Balaban J connectivity index is 2.52. The molecule has 0 aromatic heterocycles. The summed E-state index contributed by atoms with van der Waals surface area (Å²) in [7, 11) is 1.86. The minimum Gasteiger partial charge on any atom is -0.481 e. The minimum atomic E-state index is -0.755. The summed E-state index contributed by atoms with van der Waals surface area (Å²) in [5.41, 5.74) is -0.701. The Bertz CT molecular complexity index is 307. The smallest absolute Gasteiger partial charge is 0.311 e. The molecule has 1 atom stereocenters. The molecule has 0 aliphatic carbocycles. The van der Waals surface area contributed by atoms with E-state index in [1.807, 2.05) is 14.0 Å².